The Bertz CT molecular complexity index is 1690. The van der Waals surface area contributed by atoms with Crippen LogP contribution < -0.4 is 33.7 Å². The Kier molecular flexibility index (Phi) is 8.63. The fraction of sp³-hybridized carbons (Fsp3) is 0.233. The van der Waals surface area contributed by atoms with Crippen molar-refractivity contribution in [3.63, 3.8) is 0 Å². The summed E-state index contributed by atoms with van der Waals surface area (Å²) in [5.41, 5.74) is 2.72. The molecule has 0 radical (unpaired) electrons. The first-order valence-electron chi connectivity index (χ1n) is 12.9. The number of amides is 1. The van der Waals surface area contributed by atoms with Gasteiger partial charge in [-0.2, -0.15) is 0 Å². The predicted octanol–water partition coefficient (Wildman–Crippen LogP) is 6.07. The molecule has 0 fully saturated rings. The number of ether oxygens (including phenoxy) is 6. The van der Waals surface area contributed by atoms with Crippen molar-refractivity contribution in [2.75, 3.05) is 47.0 Å². The van der Waals surface area contributed by atoms with E-state index in [0.717, 1.165) is 16.0 Å². The summed E-state index contributed by atoms with van der Waals surface area (Å²) in [5.74, 6) is 3.16. The molecule has 2 heterocycles. The second-order valence-corrected chi connectivity index (χ2v) is 9.81. The van der Waals surface area contributed by atoms with Crippen molar-refractivity contribution in [2.45, 2.75) is 6.92 Å². The van der Waals surface area contributed by atoms with E-state index in [4.69, 9.17) is 32.9 Å². The molecule has 0 saturated carbocycles. The fourth-order valence-corrected chi connectivity index (χ4v) is 5.14. The lowest BCUT2D eigenvalue weighted by Gasteiger charge is -2.13. The minimum absolute atomic E-state index is 0.257. The van der Waals surface area contributed by atoms with Crippen LogP contribution in [0, 0.1) is 0 Å². The molecular weight excluding hydrogens is 562 g/mol. The minimum Gasteiger partial charge on any atom is -0.494 e. The summed E-state index contributed by atoms with van der Waals surface area (Å²) in [5, 5.41) is 7.47. The summed E-state index contributed by atoms with van der Waals surface area (Å²) in [6.45, 7) is 2.24. The van der Waals surface area contributed by atoms with Gasteiger partial charge >= 0.3 is 0 Å². The second kappa shape index (κ2) is 12.7. The van der Waals surface area contributed by atoms with Gasteiger partial charge in [0.15, 0.2) is 40.5 Å². The molecule has 0 aliphatic rings. The molecule has 5 aromatic rings. The van der Waals surface area contributed by atoms with Gasteiger partial charge in [0.1, 0.15) is 11.4 Å². The first-order valence-corrected chi connectivity index (χ1v) is 13.7. The molecule has 0 aliphatic carbocycles. The maximum absolute atomic E-state index is 12.7. The van der Waals surface area contributed by atoms with Crippen LogP contribution >= 0.6 is 11.3 Å². The van der Waals surface area contributed by atoms with E-state index >= 15 is 0 Å². The lowest BCUT2D eigenvalue weighted by Crippen LogP contribution is -2.20. The van der Waals surface area contributed by atoms with Gasteiger partial charge in [0, 0.05) is 17.2 Å². The topological polar surface area (TPSA) is 123 Å². The highest BCUT2D eigenvalue weighted by Crippen LogP contribution is 2.42. The zero-order valence-electron chi connectivity index (χ0n) is 23.7. The molecular formula is C30H29N3O8S. The number of anilines is 1. The van der Waals surface area contributed by atoms with Gasteiger partial charge in [-0.05, 0) is 55.5 Å². The van der Waals surface area contributed by atoms with Crippen molar-refractivity contribution in [1.82, 2.24) is 10.1 Å². The van der Waals surface area contributed by atoms with Gasteiger partial charge in [-0.1, -0.05) is 16.5 Å². The third kappa shape index (κ3) is 6.03. The molecule has 11 nitrogen and oxygen atoms in total. The molecule has 2 aromatic heterocycles. The number of nitrogens with one attached hydrogen (secondary N) is 1. The number of benzene rings is 3. The SMILES string of the molecule is CCOc1ccc2nc(NC(=O)COc3cc(-c4cc(-c5cc(OC)c(OC)c(OC)c5)no4)ccc3OC)sc2c1. The van der Waals surface area contributed by atoms with E-state index in [1.807, 2.05) is 31.2 Å². The lowest BCUT2D eigenvalue weighted by molar-refractivity contribution is -0.118. The Labute approximate surface area is 245 Å². The number of hydrogen-bond donors (Lipinski definition) is 1. The second-order valence-electron chi connectivity index (χ2n) is 8.77. The van der Waals surface area contributed by atoms with Gasteiger partial charge in [-0.3, -0.25) is 10.1 Å². The van der Waals surface area contributed by atoms with Crippen LogP contribution in [-0.2, 0) is 4.79 Å². The first kappa shape index (κ1) is 28.6. The van der Waals surface area contributed by atoms with E-state index in [1.165, 1.54) is 18.4 Å². The third-order valence-electron chi connectivity index (χ3n) is 6.19. The summed E-state index contributed by atoms with van der Waals surface area (Å²) >= 11 is 1.36. The number of fused-ring (bicyclic) bond motifs is 1. The molecule has 5 rings (SSSR count). The van der Waals surface area contributed by atoms with Crippen LogP contribution in [0.1, 0.15) is 6.92 Å². The number of carbonyl (C=O) groups is 1. The number of carbonyl (C=O) groups excluding carboxylic acids is 1. The van der Waals surface area contributed by atoms with Gasteiger partial charge < -0.3 is 32.9 Å². The number of thiazole rings is 1. The highest BCUT2D eigenvalue weighted by atomic mass is 32.1. The molecule has 0 aliphatic heterocycles. The number of rotatable bonds is 12. The third-order valence-corrected chi connectivity index (χ3v) is 7.13. The van der Waals surface area contributed by atoms with E-state index in [1.54, 1.807) is 51.7 Å². The van der Waals surface area contributed by atoms with Crippen molar-refractivity contribution in [3.8, 4) is 57.1 Å². The van der Waals surface area contributed by atoms with Gasteiger partial charge in [0.2, 0.25) is 5.75 Å². The van der Waals surface area contributed by atoms with Gasteiger partial charge in [-0.15, -0.1) is 0 Å². The fourth-order valence-electron chi connectivity index (χ4n) is 4.23. The van der Waals surface area contributed by atoms with Crippen molar-refractivity contribution in [1.29, 1.82) is 0 Å². The monoisotopic (exact) mass is 591 g/mol. The average Bonchev–Trinajstić information content (AvgIpc) is 3.66. The number of hydrogen-bond acceptors (Lipinski definition) is 11. The zero-order valence-corrected chi connectivity index (χ0v) is 24.5. The molecule has 3 aromatic carbocycles. The maximum atomic E-state index is 12.7. The lowest BCUT2D eigenvalue weighted by atomic mass is 10.1. The van der Waals surface area contributed by atoms with E-state index < -0.39 is 0 Å². The van der Waals surface area contributed by atoms with Gasteiger partial charge in [0.05, 0.1) is 45.3 Å². The van der Waals surface area contributed by atoms with Crippen molar-refractivity contribution in [2.24, 2.45) is 0 Å². The molecule has 218 valence electrons. The van der Waals surface area contributed by atoms with Crippen LogP contribution in [0.4, 0.5) is 5.13 Å². The predicted molar refractivity (Wildman–Crippen MR) is 158 cm³/mol. The molecule has 1 N–H and O–H groups in total. The summed E-state index contributed by atoms with van der Waals surface area (Å²) in [6.07, 6.45) is 0. The van der Waals surface area contributed by atoms with Crippen LogP contribution in [0.15, 0.2) is 59.1 Å². The van der Waals surface area contributed by atoms with Crippen LogP contribution in [0.5, 0.6) is 34.5 Å². The highest BCUT2D eigenvalue weighted by molar-refractivity contribution is 7.22. The molecule has 0 unspecified atom stereocenters. The molecule has 12 heteroatoms. The van der Waals surface area contributed by atoms with Crippen LogP contribution in [0.2, 0.25) is 0 Å². The molecule has 0 atom stereocenters. The van der Waals surface area contributed by atoms with E-state index in [-0.39, 0.29) is 12.5 Å². The summed E-state index contributed by atoms with van der Waals surface area (Å²) < 4.78 is 39.7. The summed E-state index contributed by atoms with van der Waals surface area (Å²) in [7, 11) is 6.16. The van der Waals surface area contributed by atoms with E-state index in [0.29, 0.717) is 63.1 Å². The number of aromatic nitrogens is 2. The van der Waals surface area contributed by atoms with Crippen molar-refractivity contribution in [3.05, 3.63) is 54.6 Å². The van der Waals surface area contributed by atoms with E-state index in [2.05, 4.69) is 15.5 Å². The molecule has 0 bridgehead atoms. The Balaban J connectivity index is 1.31. The maximum Gasteiger partial charge on any atom is 0.264 e. The number of nitrogens with zero attached hydrogens (tertiary/aromatic N) is 2. The van der Waals surface area contributed by atoms with Crippen molar-refractivity contribution >= 4 is 32.6 Å². The Morgan fingerprint density at radius 3 is 2.26 bits per heavy atom. The average molecular weight is 592 g/mol. The smallest absolute Gasteiger partial charge is 0.264 e. The van der Waals surface area contributed by atoms with Crippen LogP contribution in [-0.4, -0.2) is 57.7 Å². The molecule has 42 heavy (non-hydrogen) atoms. The number of methoxy groups -OCH3 is 4. The Morgan fingerprint density at radius 1 is 0.833 bits per heavy atom. The van der Waals surface area contributed by atoms with Crippen LogP contribution in [0.25, 0.3) is 32.8 Å². The van der Waals surface area contributed by atoms with Crippen LogP contribution in [0.3, 0.4) is 0 Å². The van der Waals surface area contributed by atoms with Crippen molar-refractivity contribution < 1.29 is 37.7 Å². The van der Waals surface area contributed by atoms with E-state index in [9.17, 15) is 4.79 Å². The first-order chi connectivity index (χ1) is 20.5. The zero-order chi connectivity index (χ0) is 29.6. The highest BCUT2D eigenvalue weighted by Gasteiger charge is 2.18. The molecule has 0 spiro atoms. The quantitative estimate of drug-likeness (QED) is 0.183. The van der Waals surface area contributed by atoms with Gasteiger partial charge in [0.25, 0.3) is 5.91 Å². The van der Waals surface area contributed by atoms with Gasteiger partial charge in [-0.25, -0.2) is 4.98 Å². The Morgan fingerprint density at radius 2 is 1.57 bits per heavy atom. The minimum atomic E-state index is -0.365. The summed E-state index contributed by atoms with van der Waals surface area (Å²) in [6, 6.07) is 16.2. The Hall–Kier alpha value is -4.97. The molecule has 1 amide bonds. The largest absolute Gasteiger partial charge is 0.494 e. The standard InChI is InChI=1S/C30H29N3O8S/c1-6-39-19-8-9-20-27(14-19)42-30(31-20)32-28(34)16-40-24-11-17(7-10-22(24)35-2)23-15-21(33-41-23)18-12-25(36-3)29(38-5)26(13-18)37-4/h7-15H,6,16H2,1-5H3,(H,31,32,34). The summed E-state index contributed by atoms with van der Waals surface area (Å²) in [4.78, 5) is 17.2. The normalized spacial score (nSPS) is 10.8. The molecule has 0 saturated heterocycles.